The van der Waals surface area contributed by atoms with Crippen molar-refractivity contribution in [1.29, 1.82) is 0 Å². The van der Waals surface area contributed by atoms with E-state index in [1.165, 1.54) is 6.07 Å². The van der Waals surface area contributed by atoms with Crippen LogP contribution >= 0.6 is 15.9 Å². The van der Waals surface area contributed by atoms with Crippen LogP contribution < -0.4 is 4.74 Å². The molecule has 1 aromatic rings. The van der Waals surface area contributed by atoms with E-state index in [-0.39, 0.29) is 11.9 Å². The molecule has 0 aliphatic carbocycles. The van der Waals surface area contributed by atoms with Crippen molar-refractivity contribution in [3.8, 4) is 5.75 Å². The van der Waals surface area contributed by atoms with E-state index >= 15 is 0 Å². The van der Waals surface area contributed by atoms with Crippen LogP contribution in [0.5, 0.6) is 5.75 Å². The standard InChI is InChI=1S/C9H8BrFO2/c10-8-2-1-6(3-9(8)11)12-4-7-5-13-7/h1-3,7H,4-5H2. The third-order valence-corrected chi connectivity index (χ3v) is 2.37. The largest absolute Gasteiger partial charge is 0.491 e. The molecule has 0 aromatic heterocycles. The molecule has 70 valence electrons. The van der Waals surface area contributed by atoms with Gasteiger partial charge in [-0.25, -0.2) is 4.39 Å². The molecule has 1 aromatic carbocycles. The van der Waals surface area contributed by atoms with Gasteiger partial charge in [0, 0.05) is 6.07 Å². The zero-order valence-electron chi connectivity index (χ0n) is 6.80. The van der Waals surface area contributed by atoms with Crippen LogP contribution in [0.25, 0.3) is 0 Å². The van der Waals surface area contributed by atoms with Crippen molar-refractivity contribution < 1.29 is 13.9 Å². The molecule has 0 saturated carbocycles. The SMILES string of the molecule is Fc1cc(OCC2CO2)ccc1Br. The third kappa shape index (κ3) is 2.42. The normalized spacial score (nSPS) is 20.0. The highest BCUT2D eigenvalue weighted by atomic mass is 79.9. The molecule has 1 unspecified atom stereocenters. The number of epoxide rings is 1. The van der Waals surface area contributed by atoms with Gasteiger partial charge < -0.3 is 9.47 Å². The number of rotatable bonds is 3. The average Bonchev–Trinajstić information content (AvgIpc) is 2.91. The Kier molecular flexibility index (Phi) is 2.51. The first-order valence-corrected chi connectivity index (χ1v) is 4.74. The summed E-state index contributed by atoms with van der Waals surface area (Å²) in [6, 6.07) is 4.69. The van der Waals surface area contributed by atoms with Crippen molar-refractivity contribution in [2.24, 2.45) is 0 Å². The number of ether oxygens (including phenoxy) is 2. The van der Waals surface area contributed by atoms with Gasteiger partial charge >= 0.3 is 0 Å². The van der Waals surface area contributed by atoms with E-state index in [0.29, 0.717) is 16.8 Å². The van der Waals surface area contributed by atoms with Gasteiger partial charge in [0.2, 0.25) is 0 Å². The fourth-order valence-electron chi connectivity index (χ4n) is 0.920. The molecule has 2 nitrogen and oxygen atoms in total. The van der Waals surface area contributed by atoms with Gasteiger partial charge in [0.05, 0.1) is 11.1 Å². The summed E-state index contributed by atoms with van der Waals surface area (Å²) in [7, 11) is 0. The molecule has 1 aliphatic rings. The summed E-state index contributed by atoms with van der Waals surface area (Å²) < 4.78 is 23.6. The van der Waals surface area contributed by atoms with E-state index in [2.05, 4.69) is 15.9 Å². The molecule has 1 atom stereocenters. The van der Waals surface area contributed by atoms with E-state index in [1.54, 1.807) is 12.1 Å². The highest BCUT2D eigenvalue weighted by Gasteiger charge is 2.23. The van der Waals surface area contributed by atoms with Gasteiger partial charge in [0.15, 0.2) is 0 Å². The van der Waals surface area contributed by atoms with E-state index in [9.17, 15) is 4.39 Å². The molecular formula is C9H8BrFO2. The molecule has 13 heavy (non-hydrogen) atoms. The predicted octanol–water partition coefficient (Wildman–Crippen LogP) is 2.37. The van der Waals surface area contributed by atoms with Gasteiger partial charge in [-0.15, -0.1) is 0 Å². The Morgan fingerprint density at radius 3 is 3.00 bits per heavy atom. The lowest BCUT2D eigenvalue weighted by Gasteiger charge is -2.04. The molecule has 0 spiro atoms. The Hall–Kier alpha value is -0.610. The molecule has 1 saturated heterocycles. The summed E-state index contributed by atoms with van der Waals surface area (Å²) in [4.78, 5) is 0. The minimum Gasteiger partial charge on any atom is -0.491 e. The molecule has 0 amide bonds. The van der Waals surface area contributed by atoms with Gasteiger partial charge in [0.25, 0.3) is 0 Å². The van der Waals surface area contributed by atoms with Gasteiger partial charge in [0.1, 0.15) is 24.3 Å². The molecule has 1 aliphatic heterocycles. The molecule has 1 heterocycles. The van der Waals surface area contributed by atoms with E-state index < -0.39 is 0 Å². The van der Waals surface area contributed by atoms with Crippen molar-refractivity contribution in [2.45, 2.75) is 6.10 Å². The maximum Gasteiger partial charge on any atom is 0.141 e. The Morgan fingerprint density at radius 1 is 1.62 bits per heavy atom. The first kappa shape index (κ1) is 8.97. The number of hydrogen-bond donors (Lipinski definition) is 0. The summed E-state index contributed by atoms with van der Waals surface area (Å²) in [6.45, 7) is 1.25. The maximum atomic E-state index is 13.0. The second-order valence-corrected chi connectivity index (χ2v) is 3.70. The fourth-order valence-corrected chi connectivity index (χ4v) is 1.17. The second kappa shape index (κ2) is 3.64. The Bertz CT molecular complexity index is 312. The molecular weight excluding hydrogens is 239 g/mol. The smallest absolute Gasteiger partial charge is 0.141 e. The average molecular weight is 247 g/mol. The van der Waals surface area contributed by atoms with E-state index in [1.807, 2.05) is 0 Å². The van der Waals surface area contributed by atoms with Gasteiger partial charge in [-0.3, -0.25) is 0 Å². The topological polar surface area (TPSA) is 21.8 Å². The summed E-state index contributed by atoms with van der Waals surface area (Å²) in [5.74, 6) is 0.227. The van der Waals surface area contributed by atoms with Crippen LogP contribution in [0.1, 0.15) is 0 Å². The molecule has 0 bridgehead atoms. The van der Waals surface area contributed by atoms with Crippen LogP contribution in [0, 0.1) is 5.82 Å². The lowest BCUT2D eigenvalue weighted by Crippen LogP contribution is -2.04. The number of hydrogen-bond acceptors (Lipinski definition) is 2. The Balaban J connectivity index is 1.98. The first-order chi connectivity index (χ1) is 6.25. The maximum absolute atomic E-state index is 13.0. The molecule has 1 fully saturated rings. The number of benzene rings is 1. The van der Waals surface area contributed by atoms with Crippen LogP contribution in [-0.2, 0) is 4.74 Å². The van der Waals surface area contributed by atoms with Crippen molar-refractivity contribution >= 4 is 15.9 Å². The van der Waals surface area contributed by atoms with Gasteiger partial charge in [-0.2, -0.15) is 0 Å². The molecule has 0 radical (unpaired) electrons. The minimum atomic E-state index is -0.311. The Morgan fingerprint density at radius 2 is 2.38 bits per heavy atom. The third-order valence-electron chi connectivity index (χ3n) is 1.73. The highest BCUT2D eigenvalue weighted by Crippen LogP contribution is 2.21. The summed E-state index contributed by atoms with van der Waals surface area (Å²) >= 11 is 3.07. The Labute approximate surface area is 83.8 Å². The quantitative estimate of drug-likeness (QED) is 0.765. The lowest BCUT2D eigenvalue weighted by molar-refractivity contribution is 0.262. The summed E-state index contributed by atoms with van der Waals surface area (Å²) in [6.07, 6.45) is 0.201. The monoisotopic (exact) mass is 246 g/mol. The fraction of sp³-hybridized carbons (Fsp3) is 0.333. The van der Waals surface area contributed by atoms with Gasteiger partial charge in [-0.1, -0.05) is 0 Å². The molecule has 4 heteroatoms. The molecule has 2 rings (SSSR count). The van der Waals surface area contributed by atoms with Crippen molar-refractivity contribution in [3.63, 3.8) is 0 Å². The van der Waals surface area contributed by atoms with Gasteiger partial charge in [-0.05, 0) is 28.1 Å². The van der Waals surface area contributed by atoms with E-state index in [0.717, 1.165) is 6.61 Å². The second-order valence-electron chi connectivity index (χ2n) is 2.84. The van der Waals surface area contributed by atoms with Crippen LogP contribution in [0.3, 0.4) is 0 Å². The number of halogens is 2. The van der Waals surface area contributed by atoms with Crippen molar-refractivity contribution in [3.05, 3.63) is 28.5 Å². The highest BCUT2D eigenvalue weighted by molar-refractivity contribution is 9.10. The molecule has 0 N–H and O–H groups in total. The van der Waals surface area contributed by atoms with Crippen LogP contribution in [0.4, 0.5) is 4.39 Å². The lowest BCUT2D eigenvalue weighted by atomic mass is 10.3. The summed E-state index contributed by atoms with van der Waals surface area (Å²) in [5.41, 5.74) is 0. The zero-order valence-corrected chi connectivity index (χ0v) is 8.38. The van der Waals surface area contributed by atoms with Crippen molar-refractivity contribution in [1.82, 2.24) is 0 Å². The van der Waals surface area contributed by atoms with E-state index in [4.69, 9.17) is 9.47 Å². The minimum absolute atomic E-state index is 0.201. The summed E-state index contributed by atoms with van der Waals surface area (Å²) in [5, 5.41) is 0. The van der Waals surface area contributed by atoms with Crippen LogP contribution in [0.2, 0.25) is 0 Å². The van der Waals surface area contributed by atoms with Crippen LogP contribution in [-0.4, -0.2) is 19.3 Å². The zero-order chi connectivity index (χ0) is 9.26. The van der Waals surface area contributed by atoms with Crippen LogP contribution in [0.15, 0.2) is 22.7 Å². The first-order valence-electron chi connectivity index (χ1n) is 3.95. The predicted molar refractivity (Wildman–Crippen MR) is 49.3 cm³/mol. The van der Waals surface area contributed by atoms with Crippen molar-refractivity contribution in [2.75, 3.05) is 13.2 Å².